The van der Waals surface area contributed by atoms with Crippen molar-refractivity contribution in [2.24, 2.45) is 0 Å². The lowest BCUT2D eigenvalue weighted by Gasteiger charge is -2.16. The van der Waals surface area contributed by atoms with Crippen molar-refractivity contribution < 1.29 is 4.79 Å². The van der Waals surface area contributed by atoms with Crippen molar-refractivity contribution in [2.45, 2.75) is 19.5 Å². The molecule has 0 spiro atoms. The molecule has 0 unspecified atom stereocenters. The Morgan fingerprint density at radius 3 is 2.72 bits per heavy atom. The van der Waals surface area contributed by atoms with Crippen LogP contribution in [0.2, 0.25) is 0 Å². The monoisotopic (exact) mass is 389 g/mol. The predicted molar refractivity (Wildman–Crippen MR) is 113 cm³/mol. The summed E-state index contributed by atoms with van der Waals surface area (Å²) in [5.41, 5.74) is 3.75. The van der Waals surface area contributed by atoms with Gasteiger partial charge in [0, 0.05) is 36.6 Å². The van der Waals surface area contributed by atoms with Crippen LogP contribution in [0.3, 0.4) is 0 Å². The molecule has 1 aromatic heterocycles. The minimum atomic E-state index is -0.292. The van der Waals surface area contributed by atoms with E-state index in [4.69, 9.17) is 0 Å². The summed E-state index contributed by atoms with van der Waals surface area (Å²) in [6.07, 6.45) is 1.51. The van der Waals surface area contributed by atoms with Crippen molar-refractivity contribution in [1.29, 1.82) is 0 Å². The van der Waals surface area contributed by atoms with E-state index in [2.05, 4.69) is 36.2 Å². The molecule has 0 aliphatic carbocycles. The van der Waals surface area contributed by atoms with Crippen molar-refractivity contribution in [3.05, 3.63) is 60.4 Å². The predicted octanol–water partition coefficient (Wildman–Crippen LogP) is 2.30. The highest BCUT2D eigenvalue weighted by Gasteiger charge is 2.12. The fourth-order valence-electron chi connectivity index (χ4n) is 3.06. The Balaban J connectivity index is 1.65. The summed E-state index contributed by atoms with van der Waals surface area (Å²) in [7, 11) is 0. The largest absolute Gasteiger partial charge is 0.383 e. The number of amides is 1. The van der Waals surface area contributed by atoms with Crippen LogP contribution in [0.1, 0.15) is 12.5 Å². The number of rotatable bonds is 0. The fraction of sp³-hybridized carbons (Fsp3) is 0.238. The molecule has 1 amide bonds. The average molecular weight is 389 g/mol. The van der Waals surface area contributed by atoms with Crippen LogP contribution in [0.4, 0.5) is 17.3 Å². The molecule has 8 nitrogen and oxygen atoms in total. The molecule has 1 aliphatic heterocycles. The summed E-state index contributed by atoms with van der Waals surface area (Å²) in [5, 5.41) is 12.7. The van der Waals surface area contributed by atoms with Crippen molar-refractivity contribution in [1.82, 2.24) is 25.6 Å². The second kappa shape index (κ2) is 8.66. The molecule has 3 aromatic rings. The zero-order valence-electron chi connectivity index (χ0n) is 16.1. The topological polar surface area (TPSA) is 104 Å². The molecule has 1 atom stereocenters. The van der Waals surface area contributed by atoms with Crippen LogP contribution >= 0.6 is 0 Å². The minimum absolute atomic E-state index is 0.0245. The first-order chi connectivity index (χ1) is 14.2. The minimum Gasteiger partial charge on any atom is -0.383 e. The number of carbonyl (C=O) groups excluding carboxylic acids is 1. The quantitative estimate of drug-likeness (QED) is 0.468. The first kappa shape index (κ1) is 18.8. The molecule has 2 aromatic carbocycles. The normalized spacial score (nSPS) is 17.1. The number of anilines is 3. The standard InChI is InChI=1S/C21H23N7O/c1-14-20(29)23-9-8-22-17-6-3-5-16(11-17)19-25-13-26-21(28-19)27-18-7-2-4-15(10-18)12-24-14/h2-7,10-11,13-14,22,24H,8-9,12H2,1H3,(H,23,29)(H,25,26,27,28)/t14-/m0/s1. The van der Waals surface area contributed by atoms with Crippen LogP contribution in [0.15, 0.2) is 54.9 Å². The number of carbonyl (C=O) groups is 1. The Kier molecular flexibility index (Phi) is 5.62. The Morgan fingerprint density at radius 2 is 1.79 bits per heavy atom. The highest BCUT2D eigenvalue weighted by molar-refractivity contribution is 5.81. The van der Waals surface area contributed by atoms with Crippen LogP contribution in [-0.4, -0.2) is 40.0 Å². The molecule has 148 valence electrons. The SMILES string of the molecule is C[C@@H]1NCc2cccc(c2)Nc2ncnc(n2)-c2cccc(c2)NCCNC1=O. The van der Waals surface area contributed by atoms with Crippen LogP contribution in [-0.2, 0) is 11.3 Å². The summed E-state index contributed by atoms with van der Waals surface area (Å²) >= 11 is 0. The van der Waals surface area contributed by atoms with Crippen molar-refractivity contribution in [2.75, 3.05) is 23.7 Å². The maximum atomic E-state index is 12.3. The molecule has 0 saturated heterocycles. The van der Waals surface area contributed by atoms with Gasteiger partial charge in [0.05, 0.1) is 6.04 Å². The molecule has 4 N–H and O–H groups in total. The second-order valence-electron chi connectivity index (χ2n) is 6.86. The van der Waals surface area contributed by atoms with Gasteiger partial charge in [0.2, 0.25) is 11.9 Å². The average Bonchev–Trinajstić information content (AvgIpc) is 2.75. The van der Waals surface area contributed by atoms with Crippen molar-refractivity contribution in [3.63, 3.8) is 0 Å². The lowest BCUT2D eigenvalue weighted by molar-refractivity contribution is -0.122. The zero-order chi connectivity index (χ0) is 20.1. The molecule has 0 saturated carbocycles. The van der Waals surface area contributed by atoms with Gasteiger partial charge in [0.1, 0.15) is 6.33 Å². The van der Waals surface area contributed by atoms with Gasteiger partial charge in [-0.3, -0.25) is 4.79 Å². The van der Waals surface area contributed by atoms with Crippen LogP contribution in [0.5, 0.6) is 0 Å². The van der Waals surface area contributed by atoms with E-state index in [1.165, 1.54) is 6.33 Å². The van der Waals surface area contributed by atoms with Gasteiger partial charge >= 0.3 is 0 Å². The number of nitrogens with one attached hydrogen (secondary N) is 4. The third-order valence-corrected chi connectivity index (χ3v) is 4.63. The molecular weight excluding hydrogens is 366 g/mol. The highest BCUT2D eigenvalue weighted by atomic mass is 16.2. The van der Waals surface area contributed by atoms with E-state index in [1.54, 1.807) is 0 Å². The molecule has 4 rings (SSSR count). The molecule has 2 heterocycles. The van der Waals surface area contributed by atoms with Gasteiger partial charge in [-0.05, 0) is 36.8 Å². The third-order valence-electron chi connectivity index (χ3n) is 4.63. The first-order valence-electron chi connectivity index (χ1n) is 9.58. The number of nitrogens with zero attached hydrogens (tertiary/aromatic N) is 3. The molecule has 29 heavy (non-hydrogen) atoms. The van der Waals surface area contributed by atoms with E-state index < -0.39 is 0 Å². The Bertz CT molecular complexity index is 1010. The van der Waals surface area contributed by atoms with Gasteiger partial charge in [-0.1, -0.05) is 24.3 Å². The summed E-state index contributed by atoms with van der Waals surface area (Å²) in [5.74, 6) is 1.04. The van der Waals surface area contributed by atoms with Crippen LogP contribution < -0.4 is 21.3 Å². The molecule has 6 bridgehead atoms. The summed E-state index contributed by atoms with van der Waals surface area (Å²) in [4.78, 5) is 25.4. The van der Waals surface area contributed by atoms with Crippen LogP contribution in [0, 0.1) is 0 Å². The van der Waals surface area contributed by atoms with E-state index >= 15 is 0 Å². The van der Waals surface area contributed by atoms with Gasteiger partial charge in [-0.15, -0.1) is 0 Å². The van der Waals surface area contributed by atoms with Gasteiger partial charge in [0.15, 0.2) is 5.82 Å². The van der Waals surface area contributed by atoms with E-state index in [1.807, 2.05) is 55.5 Å². The number of benzene rings is 2. The van der Waals surface area contributed by atoms with Crippen molar-refractivity contribution >= 4 is 23.2 Å². The molecule has 0 radical (unpaired) electrons. The highest BCUT2D eigenvalue weighted by Crippen LogP contribution is 2.21. The Hall–Kier alpha value is -3.52. The zero-order valence-corrected chi connectivity index (χ0v) is 16.1. The summed E-state index contributed by atoms with van der Waals surface area (Å²) in [6.45, 7) is 3.59. The van der Waals surface area contributed by atoms with E-state index in [0.29, 0.717) is 31.4 Å². The lowest BCUT2D eigenvalue weighted by Crippen LogP contribution is -2.43. The Labute approximate surface area is 169 Å². The number of aromatic nitrogens is 3. The molecule has 1 aliphatic rings. The number of hydrogen-bond donors (Lipinski definition) is 4. The van der Waals surface area contributed by atoms with Gasteiger partial charge in [0.25, 0.3) is 0 Å². The summed E-state index contributed by atoms with van der Waals surface area (Å²) in [6, 6.07) is 15.5. The molecular formula is C21H23N7O. The van der Waals surface area contributed by atoms with E-state index in [-0.39, 0.29) is 11.9 Å². The second-order valence-corrected chi connectivity index (χ2v) is 6.86. The third kappa shape index (κ3) is 4.85. The smallest absolute Gasteiger partial charge is 0.236 e. The lowest BCUT2D eigenvalue weighted by atomic mass is 10.2. The van der Waals surface area contributed by atoms with Gasteiger partial charge in [-0.25, -0.2) is 9.97 Å². The van der Waals surface area contributed by atoms with E-state index in [0.717, 1.165) is 22.5 Å². The molecule has 8 heteroatoms. The summed E-state index contributed by atoms with van der Waals surface area (Å²) < 4.78 is 0. The van der Waals surface area contributed by atoms with Crippen LogP contribution in [0.25, 0.3) is 11.4 Å². The number of hydrogen-bond acceptors (Lipinski definition) is 7. The Morgan fingerprint density at radius 1 is 0.966 bits per heavy atom. The first-order valence-corrected chi connectivity index (χ1v) is 9.58. The van der Waals surface area contributed by atoms with E-state index in [9.17, 15) is 4.79 Å². The van der Waals surface area contributed by atoms with Gasteiger partial charge in [-0.2, -0.15) is 4.98 Å². The molecule has 0 fully saturated rings. The maximum absolute atomic E-state index is 12.3. The number of fused-ring (bicyclic) bond motifs is 7. The van der Waals surface area contributed by atoms with Crippen molar-refractivity contribution in [3.8, 4) is 11.4 Å². The maximum Gasteiger partial charge on any atom is 0.236 e. The van der Waals surface area contributed by atoms with Gasteiger partial charge < -0.3 is 21.3 Å². The fourth-order valence-corrected chi connectivity index (χ4v) is 3.06.